The molecular formula is C17H21N3O2S. The first-order chi connectivity index (χ1) is 11.2. The zero-order valence-corrected chi connectivity index (χ0v) is 13.9. The third-order valence-corrected chi connectivity index (χ3v) is 4.87. The molecule has 0 aliphatic carbocycles. The SMILES string of the molecule is Cc1ccc(C2OCCCC2NC(=O)c2csc(CN)n2)cc1. The van der Waals surface area contributed by atoms with Gasteiger partial charge in [0, 0.05) is 18.5 Å². The number of benzene rings is 1. The molecular weight excluding hydrogens is 310 g/mol. The molecule has 122 valence electrons. The zero-order chi connectivity index (χ0) is 16.2. The lowest BCUT2D eigenvalue weighted by molar-refractivity contribution is -0.00951. The number of hydrogen-bond acceptors (Lipinski definition) is 5. The van der Waals surface area contributed by atoms with Crippen molar-refractivity contribution in [2.75, 3.05) is 6.61 Å². The first kappa shape index (κ1) is 16.1. The lowest BCUT2D eigenvalue weighted by atomic mass is 9.95. The van der Waals surface area contributed by atoms with E-state index in [0.717, 1.165) is 30.0 Å². The van der Waals surface area contributed by atoms with E-state index < -0.39 is 0 Å². The van der Waals surface area contributed by atoms with Gasteiger partial charge in [-0.3, -0.25) is 4.79 Å². The summed E-state index contributed by atoms with van der Waals surface area (Å²) in [5.41, 5.74) is 8.30. The van der Waals surface area contributed by atoms with Crippen LogP contribution in [0, 0.1) is 6.92 Å². The Bertz CT molecular complexity index is 669. The van der Waals surface area contributed by atoms with Crippen LogP contribution in [0.2, 0.25) is 0 Å². The number of carbonyl (C=O) groups is 1. The average Bonchev–Trinajstić information content (AvgIpc) is 3.05. The summed E-state index contributed by atoms with van der Waals surface area (Å²) in [4.78, 5) is 16.7. The topological polar surface area (TPSA) is 77.2 Å². The highest BCUT2D eigenvalue weighted by Crippen LogP contribution is 2.29. The van der Waals surface area contributed by atoms with Crippen molar-refractivity contribution in [3.63, 3.8) is 0 Å². The lowest BCUT2D eigenvalue weighted by Crippen LogP contribution is -2.42. The van der Waals surface area contributed by atoms with E-state index >= 15 is 0 Å². The molecule has 1 aliphatic rings. The fourth-order valence-electron chi connectivity index (χ4n) is 2.76. The van der Waals surface area contributed by atoms with Crippen LogP contribution in [0.5, 0.6) is 0 Å². The van der Waals surface area contributed by atoms with Gasteiger partial charge in [0.1, 0.15) is 16.8 Å². The quantitative estimate of drug-likeness (QED) is 0.902. The highest BCUT2D eigenvalue weighted by atomic mass is 32.1. The van der Waals surface area contributed by atoms with Gasteiger partial charge in [0.05, 0.1) is 6.04 Å². The number of aryl methyl sites for hydroxylation is 1. The van der Waals surface area contributed by atoms with Crippen LogP contribution >= 0.6 is 11.3 Å². The number of aromatic nitrogens is 1. The second-order valence-corrected chi connectivity index (χ2v) is 6.70. The third kappa shape index (κ3) is 3.77. The van der Waals surface area contributed by atoms with Crippen LogP contribution in [-0.2, 0) is 11.3 Å². The molecule has 0 saturated carbocycles. The average molecular weight is 331 g/mol. The number of thiazole rings is 1. The van der Waals surface area contributed by atoms with E-state index in [0.29, 0.717) is 12.2 Å². The van der Waals surface area contributed by atoms with Crippen LogP contribution in [0.15, 0.2) is 29.6 Å². The molecule has 3 rings (SSSR count). The number of ether oxygens (including phenoxy) is 1. The van der Waals surface area contributed by atoms with E-state index in [1.165, 1.54) is 16.9 Å². The Hall–Kier alpha value is -1.76. The first-order valence-corrected chi connectivity index (χ1v) is 8.69. The van der Waals surface area contributed by atoms with Crippen LogP contribution < -0.4 is 11.1 Å². The number of nitrogens with zero attached hydrogens (tertiary/aromatic N) is 1. The summed E-state index contributed by atoms with van der Waals surface area (Å²) >= 11 is 1.41. The van der Waals surface area contributed by atoms with E-state index in [9.17, 15) is 4.79 Å². The minimum absolute atomic E-state index is 0.0398. The summed E-state index contributed by atoms with van der Waals surface area (Å²) in [6.45, 7) is 3.14. The molecule has 3 N–H and O–H groups in total. The van der Waals surface area contributed by atoms with Gasteiger partial charge in [-0.05, 0) is 25.3 Å². The molecule has 2 unspecified atom stereocenters. The van der Waals surface area contributed by atoms with Crippen LogP contribution in [0.1, 0.15) is 45.6 Å². The van der Waals surface area contributed by atoms with E-state index in [1.807, 2.05) is 0 Å². The lowest BCUT2D eigenvalue weighted by Gasteiger charge is -2.32. The minimum Gasteiger partial charge on any atom is -0.371 e. The molecule has 0 radical (unpaired) electrons. The molecule has 0 spiro atoms. The third-order valence-electron chi connectivity index (χ3n) is 4.00. The minimum atomic E-state index is -0.159. The molecule has 0 bridgehead atoms. The predicted octanol–water partition coefficient (Wildman–Crippen LogP) is 2.56. The smallest absolute Gasteiger partial charge is 0.271 e. The molecule has 2 atom stereocenters. The van der Waals surface area contributed by atoms with Gasteiger partial charge in [-0.1, -0.05) is 29.8 Å². The Balaban J connectivity index is 1.73. The summed E-state index contributed by atoms with van der Waals surface area (Å²) in [6.07, 6.45) is 1.73. The van der Waals surface area contributed by atoms with Crippen LogP contribution in [0.3, 0.4) is 0 Å². The van der Waals surface area contributed by atoms with Crippen molar-refractivity contribution >= 4 is 17.2 Å². The number of carbonyl (C=O) groups excluding carboxylic acids is 1. The Morgan fingerprint density at radius 2 is 2.22 bits per heavy atom. The second kappa shape index (κ2) is 7.21. The van der Waals surface area contributed by atoms with Gasteiger partial charge < -0.3 is 15.8 Å². The summed E-state index contributed by atoms with van der Waals surface area (Å²) < 4.78 is 5.93. The molecule has 2 heterocycles. The number of nitrogens with one attached hydrogen (secondary N) is 1. The highest BCUT2D eigenvalue weighted by Gasteiger charge is 2.29. The molecule has 1 aromatic carbocycles. The molecule has 5 nitrogen and oxygen atoms in total. The summed E-state index contributed by atoms with van der Waals surface area (Å²) in [5.74, 6) is -0.159. The van der Waals surface area contributed by atoms with Gasteiger partial charge >= 0.3 is 0 Å². The number of nitrogens with two attached hydrogens (primary N) is 1. The zero-order valence-electron chi connectivity index (χ0n) is 13.1. The highest BCUT2D eigenvalue weighted by molar-refractivity contribution is 7.09. The Morgan fingerprint density at radius 3 is 2.91 bits per heavy atom. The Kier molecular flexibility index (Phi) is 5.05. The summed E-state index contributed by atoms with van der Waals surface area (Å²) in [5, 5.41) is 5.60. The van der Waals surface area contributed by atoms with E-state index in [2.05, 4.69) is 41.5 Å². The number of amides is 1. The van der Waals surface area contributed by atoms with Crippen molar-refractivity contribution in [3.8, 4) is 0 Å². The standard InChI is InChI=1S/C17H21N3O2S/c1-11-4-6-12(7-5-11)16-13(3-2-8-22-16)20-17(21)14-10-23-15(9-18)19-14/h4-7,10,13,16H,2-3,8-9,18H2,1H3,(H,20,21). The van der Waals surface area contributed by atoms with Crippen molar-refractivity contribution in [3.05, 3.63) is 51.5 Å². The summed E-state index contributed by atoms with van der Waals surface area (Å²) in [6, 6.07) is 8.24. The van der Waals surface area contributed by atoms with Gasteiger partial charge in [0.25, 0.3) is 5.91 Å². The molecule has 1 aliphatic heterocycles. The van der Waals surface area contributed by atoms with Gasteiger partial charge in [0.15, 0.2) is 0 Å². The fourth-order valence-corrected chi connectivity index (χ4v) is 3.42. The van der Waals surface area contributed by atoms with E-state index in [1.54, 1.807) is 5.38 Å². The van der Waals surface area contributed by atoms with Crippen LogP contribution in [0.4, 0.5) is 0 Å². The molecule has 6 heteroatoms. The Labute approximate surface area is 139 Å². The molecule has 1 fully saturated rings. The molecule has 1 saturated heterocycles. The van der Waals surface area contributed by atoms with Gasteiger partial charge in [-0.15, -0.1) is 11.3 Å². The predicted molar refractivity (Wildman–Crippen MR) is 90.4 cm³/mol. The van der Waals surface area contributed by atoms with Crippen molar-refractivity contribution in [1.82, 2.24) is 10.3 Å². The first-order valence-electron chi connectivity index (χ1n) is 7.81. The van der Waals surface area contributed by atoms with Crippen LogP contribution in [-0.4, -0.2) is 23.5 Å². The maximum atomic E-state index is 12.4. The van der Waals surface area contributed by atoms with Crippen LogP contribution in [0.25, 0.3) is 0 Å². The number of hydrogen-bond donors (Lipinski definition) is 2. The molecule has 23 heavy (non-hydrogen) atoms. The molecule has 2 aromatic rings. The molecule has 1 amide bonds. The number of rotatable bonds is 4. The van der Waals surface area contributed by atoms with Gasteiger partial charge in [-0.25, -0.2) is 4.98 Å². The van der Waals surface area contributed by atoms with E-state index in [4.69, 9.17) is 10.5 Å². The Morgan fingerprint density at radius 1 is 1.43 bits per heavy atom. The monoisotopic (exact) mass is 331 g/mol. The maximum Gasteiger partial charge on any atom is 0.271 e. The fraction of sp³-hybridized carbons (Fsp3) is 0.412. The van der Waals surface area contributed by atoms with Crippen molar-refractivity contribution < 1.29 is 9.53 Å². The van der Waals surface area contributed by atoms with Gasteiger partial charge in [0.2, 0.25) is 0 Å². The van der Waals surface area contributed by atoms with Crippen molar-refractivity contribution in [2.24, 2.45) is 5.73 Å². The largest absolute Gasteiger partial charge is 0.371 e. The van der Waals surface area contributed by atoms with Crippen molar-refractivity contribution in [1.29, 1.82) is 0 Å². The summed E-state index contributed by atoms with van der Waals surface area (Å²) in [7, 11) is 0. The maximum absolute atomic E-state index is 12.4. The van der Waals surface area contributed by atoms with Gasteiger partial charge in [-0.2, -0.15) is 0 Å². The second-order valence-electron chi connectivity index (χ2n) is 5.75. The van der Waals surface area contributed by atoms with Crippen molar-refractivity contribution in [2.45, 2.75) is 38.5 Å². The van der Waals surface area contributed by atoms with E-state index in [-0.39, 0.29) is 18.1 Å². The normalized spacial score (nSPS) is 21.1. The molecule has 1 aromatic heterocycles.